The molecule has 0 N–H and O–H groups in total. The fraction of sp³-hybridized carbons (Fsp3) is 0.250. The zero-order valence-corrected chi connectivity index (χ0v) is 9.54. The van der Waals surface area contributed by atoms with Gasteiger partial charge < -0.3 is 4.74 Å². The predicted octanol–water partition coefficient (Wildman–Crippen LogP) is 2.73. The average Bonchev–Trinajstić information content (AvgIpc) is 2.36. The molecule has 0 aliphatic heterocycles. The van der Waals surface area contributed by atoms with E-state index in [1.807, 2.05) is 30.3 Å². The molecule has 0 aliphatic carbocycles. The Hall–Kier alpha value is -2.26. The number of azide groups is 1. The molecule has 1 aromatic carbocycles. The molecule has 0 unspecified atom stereocenters. The van der Waals surface area contributed by atoms with Crippen LogP contribution >= 0.6 is 0 Å². The number of carbonyl (C=O) groups is 1. The van der Waals surface area contributed by atoms with Crippen LogP contribution in [0.25, 0.3) is 16.5 Å². The van der Waals surface area contributed by atoms with Gasteiger partial charge in [-0.1, -0.05) is 41.5 Å². The second kappa shape index (κ2) is 7.09. The van der Waals surface area contributed by atoms with Crippen LogP contribution in [0.3, 0.4) is 0 Å². The number of methoxy groups -OCH3 is 1. The van der Waals surface area contributed by atoms with Crippen molar-refractivity contribution < 1.29 is 9.53 Å². The predicted molar refractivity (Wildman–Crippen MR) is 65.2 cm³/mol. The Balaban J connectivity index is 2.80. The lowest BCUT2D eigenvalue weighted by molar-refractivity contribution is -0.139. The topological polar surface area (TPSA) is 75.1 Å². The molecule has 5 nitrogen and oxygen atoms in total. The summed E-state index contributed by atoms with van der Waals surface area (Å²) in [4.78, 5) is 13.8. The maximum Gasteiger partial charge on any atom is 0.309 e. The molecule has 0 spiro atoms. The van der Waals surface area contributed by atoms with Crippen LogP contribution < -0.4 is 0 Å². The molecule has 5 heteroatoms. The van der Waals surface area contributed by atoms with Crippen molar-refractivity contribution >= 4 is 12.0 Å². The van der Waals surface area contributed by atoms with Gasteiger partial charge in [-0.25, -0.2) is 0 Å². The Bertz CT molecular complexity index is 463. The summed E-state index contributed by atoms with van der Waals surface area (Å²) in [6, 6.07) is 7.51. The molecule has 0 saturated heterocycles. The Morgan fingerprint density at radius 3 is 3.00 bits per heavy atom. The van der Waals surface area contributed by atoms with Gasteiger partial charge in [0.25, 0.3) is 0 Å². The third-order valence-corrected chi connectivity index (χ3v) is 2.17. The maximum absolute atomic E-state index is 11.2. The number of hydrogen-bond acceptors (Lipinski definition) is 3. The van der Waals surface area contributed by atoms with E-state index in [0.29, 0.717) is 6.54 Å². The van der Waals surface area contributed by atoms with Crippen LogP contribution in [-0.2, 0) is 16.0 Å². The van der Waals surface area contributed by atoms with Gasteiger partial charge in [0.05, 0.1) is 13.5 Å². The first-order chi connectivity index (χ1) is 8.27. The molecule has 0 atom stereocenters. The van der Waals surface area contributed by atoms with Gasteiger partial charge >= 0.3 is 5.97 Å². The Kier molecular flexibility index (Phi) is 5.34. The van der Waals surface area contributed by atoms with Gasteiger partial charge in [-0.15, -0.1) is 0 Å². The van der Waals surface area contributed by atoms with Crippen molar-refractivity contribution in [2.45, 2.75) is 6.42 Å². The maximum atomic E-state index is 11.2. The highest BCUT2D eigenvalue weighted by atomic mass is 16.5. The molecule has 17 heavy (non-hydrogen) atoms. The number of esters is 1. The van der Waals surface area contributed by atoms with E-state index in [1.165, 1.54) is 7.11 Å². The lowest BCUT2D eigenvalue weighted by Gasteiger charge is -2.04. The van der Waals surface area contributed by atoms with Gasteiger partial charge in [0, 0.05) is 11.5 Å². The summed E-state index contributed by atoms with van der Waals surface area (Å²) in [6.45, 7) is 0.295. The van der Waals surface area contributed by atoms with Crippen LogP contribution in [0.5, 0.6) is 0 Å². The smallest absolute Gasteiger partial charge is 0.309 e. The molecule has 88 valence electrons. The van der Waals surface area contributed by atoms with Crippen molar-refractivity contribution in [1.29, 1.82) is 0 Å². The van der Waals surface area contributed by atoms with Gasteiger partial charge in [0.1, 0.15) is 0 Å². The van der Waals surface area contributed by atoms with E-state index < -0.39 is 0 Å². The van der Waals surface area contributed by atoms with Crippen LogP contribution in [0.1, 0.15) is 11.1 Å². The highest BCUT2D eigenvalue weighted by Crippen LogP contribution is 2.12. The standard InChI is InChI=1S/C12H13N3O2/c1-17-12(16)9-11-6-3-2-5-10(11)7-4-8-14-15-13/h2-7H,8-9H2,1H3. The zero-order valence-electron chi connectivity index (χ0n) is 9.54. The first-order valence-electron chi connectivity index (χ1n) is 5.10. The van der Waals surface area contributed by atoms with Crippen LogP contribution in [0.4, 0.5) is 0 Å². The first-order valence-corrected chi connectivity index (χ1v) is 5.10. The van der Waals surface area contributed by atoms with Crippen LogP contribution in [0.2, 0.25) is 0 Å². The van der Waals surface area contributed by atoms with Crippen molar-refractivity contribution in [1.82, 2.24) is 0 Å². The van der Waals surface area contributed by atoms with Crippen LogP contribution in [0, 0.1) is 0 Å². The highest BCUT2D eigenvalue weighted by molar-refractivity contribution is 5.74. The molecule has 1 rings (SSSR count). The van der Waals surface area contributed by atoms with E-state index in [9.17, 15) is 4.79 Å². The van der Waals surface area contributed by atoms with Crippen molar-refractivity contribution in [3.63, 3.8) is 0 Å². The van der Waals surface area contributed by atoms with Gasteiger partial charge in [-0.3, -0.25) is 4.79 Å². The minimum absolute atomic E-state index is 0.235. The van der Waals surface area contributed by atoms with E-state index in [4.69, 9.17) is 5.53 Å². The quantitative estimate of drug-likeness (QED) is 0.338. The van der Waals surface area contributed by atoms with Crippen molar-refractivity contribution in [2.24, 2.45) is 5.11 Å². The number of ether oxygens (including phenoxy) is 1. The van der Waals surface area contributed by atoms with Gasteiger partial charge in [0.2, 0.25) is 0 Å². The minimum Gasteiger partial charge on any atom is -0.469 e. The van der Waals surface area contributed by atoms with E-state index in [0.717, 1.165) is 11.1 Å². The van der Waals surface area contributed by atoms with Crippen LogP contribution in [-0.4, -0.2) is 19.6 Å². The summed E-state index contributed by atoms with van der Waals surface area (Å²) in [5.41, 5.74) is 9.94. The highest BCUT2D eigenvalue weighted by Gasteiger charge is 2.05. The van der Waals surface area contributed by atoms with Gasteiger partial charge in [-0.2, -0.15) is 0 Å². The van der Waals surface area contributed by atoms with Gasteiger partial charge in [0.15, 0.2) is 0 Å². The lowest BCUT2D eigenvalue weighted by atomic mass is 10.0. The SMILES string of the molecule is COC(=O)Cc1ccccc1C=CCN=[N+]=[N-]. The number of carbonyl (C=O) groups excluding carboxylic acids is 1. The van der Waals surface area contributed by atoms with E-state index in [1.54, 1.807) is 6.08 Å². The van der Waals surface area contributed by atoms with Crippen molar-refractivity contribution in [3.8, 4) is 0 Å². The monoisotopic (exact) mass is 231 g/mol. The van der Waals surface area contributed by atoms with Crippen LogP contribution in [0.15, 0.2) is 35.5 Å². The molecular weight excluding hydrogens is 218 g/mol. The van der Waals surface area contributed by atoms with E-state index >= 15 is 0 Å². The first kappa shape index (κ1) is 12.8. The Labute approximate surface area is 99.3 Å². The molecule has 0 amide bonds. The Morgan fingerprint density at radius 2 is 2.29 bits per heavy atom. The number of benzene rings is 1. The molecule has 0 saturated carbocycles. The molecule has 0 radical (unpaired) electrons. The second-order valence-electron chi connectivity index (χ2n) is 3.27. The summed E-state index contributed by atoms with van der Waals surface area (Å²) in [5.74, 6) is -0.277. The Morgan fingerprint density at radius 1 is 1.53 bits per heavy atom. The molecule has 0 bridgehead atoms. The normalized spacial score (nSPS) is 9.94. The largest absolute Gasteiger partial charge is 0.469 e. The summed E-state index contributed by atoms with van der Waals surface area (Å²) in [7, 11) is 1.36. The van der Waals surface area contributed by atoms with E-state index in [2.05, 4.69) is 14.8 Å². The minimum atomic E-state index is -0.277. The summed E-state index contributed by atoms with van der Waals surface area (Å²) in [6.07, 6.45) is 3.81. The molecule has 0 heterocycles. The number of rotatable bonds is 5. The molecular formula is C12H13N3O2. The summed E-state index contributed by atoms with van der Waals surface area (Å²) < 4.78 is 4.62. The third-order valence-electron chi connectivity index (χ3n) is 2.17. The number of hydrogen-bond donors (Lipinski definition) is 0. The zero-order chi connectivity index (χ0) is 12.5. The third kappa shape index (κ3) is 4.40. The second-order valence-corrected chi connectivity index (χ2v) is 3.27. The summed E-state index contributed by atoms with van der Waals surface area (Å²) >= 11 is 0. The van der Waals surface area contributed by atoms with Crippen molar-refractivity contribution in [3.05, 3.63) is 51.9 Å². The molecule has 0 fully saturated rings. The molecule has 1 aromatic rings. The summed E-state index contributed by atoms with van der Waals surface area (Å²) in [5, 5.41) is 3.40. The lowest BCUT2D eigenvalue weighted by Crippen LogP contribution is -2.05. The fourth-order valence-electron chi connectivity index (χ4n) is 1.35. The van der Waals surface area contributed by atoms with E-state index in [-0.39, 0.29) is 12.4 Å². The fourth-order valence-corrected chi connectivity index (χ4v) is 1.35. The van der Waals surface area contributed by atoms with Gasteiger partial charge in [-0.05, 0) is 16.7 Å². The number of nitrogens with zero attached hydrogens (tertiary/aromatic N) is 3. The average molecular weight is 231 g/mol. The molecule has 0 aliphatic rings. The molecule has 0 aromatic heterocycles. The van der Waals surface area contributed by atoms with Crippen molar-refractivity contribution in [2.75, 3.05) is 13.7 Å².